The van der Waals surface area contributed by atoms with E-state index in [-0.39, 0.29) is 23.8 Å². The predicted octanol–water partition coefficient (Wildman–Crippen LogP) is 2.17. The maximum absolute atomic E-state index is 11.7. The van der Waals surface area contributed by atoms with Crippen molar-refractivity contribution in [2.45, 2.75) is 31.8 Å². The summed E-state index contributed by atoms with van der Waals surface area (Å²) >= 11 is 0. The maximum atomic E-state index is 11.7. The molecule has 0 spiro atoms. The van der Waals surface area contributed by atoms with Crippen LogP contribution in [0.5, 0.6) is 0 Å². The molecule has 0 aliphatic heterocycles. The van der Waals surface area contributed by atoms with Crippen molar-refractivity contribution < 1.29 is 23.5 Å². The molecule has 5 heteroatoms. The molecular weight excluding hydrogens is 236 g/mol. The first-order valence-corrected chi connectivity index (χ1v) is 6.03. The second kappa shape index (κ2) is 5.71. The zero-order valence-electron chi connectivity index (χ0n) is 10.3. The van der Waals surface area contributed by atoms with Crippen LogP contribution in [0.3, 0.4) is 0 Å². The zero-order chi connectivity index (χ0) is 13.0. The van der Waals surface area contributed by atoms with Gasteiger partial charge < -0.3 is 13.9 Å². The van der Waals surface area contributed by atoms with Crippen molar-refractivity contribution >= 4 is 11.9 Å². The van der Waals surface area contributed by atoms with Gasteiger partial charge in [-0.25, -0.2) is 4.79 Å². The summed E-state index contributed by atoms with van der Waals surface area (Å²) in [7, 11) is 1.38. The molecule has 1 aliphatic carbocycles. The lowest BCUT2D eigenvalue weighted by Gasteiger charge is -2.26. The summed E-state index contributed by atoms with van der Waals surface area (Å²) < 4.78 is 15.0. The van der Waals surface area contributed by atoms with Gasteiger partial charge in [0, 0.05) is 0 Å². The van der Waals surface area contributed by atoms with E-state index in [2.05, 4.69) is 0 Å². The minimum atomic E-state index is -0.476. The summed E-state index contributed by atoms with van der Waals surface area (Å²) in [5, 5.41) is 0. The minimum absolute atomic E-state index is 0.168. The highest BCUT2D eigenvalue weighted by atomic mass is 16.6. The Morgan fingerprint density at radius 3 is 2.89 bits per heavy atom. The smallest absolute Gasteiger partial charge is 0.374 e. The number of rotatable bonds is 3. The molecule has 0 bridgehead atoms. The Kier molecular flexibility index (Phi) is 4.02. The minimum Gasteiger partial charge on any atom is -0.469 e. The number of furan rings is 1. The van der Waals surface area contributed by atoms with Crippen molar-refractivity contribution in [3.05, 3.63) is 24.2 Å². The number of hydrogen-bond acceptors (Lipinski definition) is 5. The fourth-order valence-electron chi connectivity index (χ4n) is 2.24. The van der Waals surface area contributed by atoms with Gasteiger partial charge in [0.05, 0.1) is 19.3 Å². The van der Waals surface area contributed by atoms with Crippen LogP contribution in [0, 0.1) is 5.92 Å². The normalized spacial score (nSPS) is 23.4. The van der Waals surface area contributed by atoms with Crippen LogP contribution in [0.25, 0.3) is 0 Å². The SMILES string of the molecule is COC(=O)[C@H]1CCC[C@@H](OC(=O)c2ccco2)C1. The molecule has 1 fully saturated rings. The Bertz CT molecular complexity index is 409. The van der Waals surface area contributed by atoms with Gasteiger partial charge in [-0.1, -0.05) is 0 Å². The van der Waals surface area contributed by atoms with Crippen LogP contribution in [0.15, 0.2) is 22.8 Å². The molecule has 1 aromatic heterocycles. The molecule has 1 aromatic rings. The molecule has 2 rings (SSSR count). The van der Waals surface area contributed by atoms with Crippen molar-refractivity contribution in [2.24, 2.45) is 5.92 Å². The highest BCUT2D eigenvalue weighted by molar-refractivity contribution is 5.86. The fraction of sp³-hybridized carbons (Fsp3) is 0.538. The molecule has 5 nitrogen and oxygen atoms in total. The van der Waals surface area contributed by atoms with Crippen LogP contribution >= 0.6 is 0 Å². The van der Waals surface area contributed by atoms with Gasteiger partial charge >= 0.3 is 11.9 Å². The van der Waals surface area contributed by atoms with E-state index in [1.54, 1.807) is 12.1 Å². The van der Waals surface area contributed by atoms with Crippen LogP contribution in [0.1, 0.15) is 36.2 Å². The molecule has 1 aliphatic rings. The van der Waals surface area contributed by atoms with Crippen LogP contribution in [-0.4, -0.2) is 25.2 Å². The largest absolute Gasteiger partial charge is 0.469 e. The van der Waals surface area contributed by atoms with E-state index in [9.17, 15) is 9.59 Å². The predicted molar refractivity (Wildman–Crippen MR) is 61.9 cm³/mol. The fourth-order valence-corrected chi connectivity index (χ4v) is 2.24. The van der Waals surface area contributed by atoms with Crippen molar-refractivity contribution in [1.82, 2.24) is 0 Å². The van der Waals surface area contributed by atoms with E-state index in [0.717, 1.165) is 19.3 Å². The first-order valence-electron chi connectivity index (χ1n) is 6.03. The molecule has 1 saturated carbocycles. The van der Waals surface area contributed by atoms with Gasteiger partial charge in [-0.05, 0) is 37.8 Å². The Morgan fingerprint density at radius 2 is 2.22 bits per heavy atom. The third kappa shape index (κ3) is 2.91. The number of carbonyl (C=O) groups is 2. The molecule has 0 amide bonds. The average molecular weight is 252 g/mol. The van der Waals surface area contributed by atoms with Gasteiger partial charge in [0.1, 0.15) is 6.10 Å². The van der Waals surface area contributed by atoms with E-state index >= 15 is 0 Å². The number of carbonyl (C=O) groups excluding carboxylic acids is 2. The molecule has 0 unspecified atom stereocenters. The maximum Gasteiger partial charge on any atom is 0.374 e. The molecule has 0 radical (unpaired) electrons. The summed E-state index contributed by atoms with van der Waals surface area (Å²) in [4.78, 5) is 23.1. The van der Waals surface area contributed by atoms with Crippen LogP contribution in [-0.2, 0) is 14.3 Å². The summed E-state index contributed by atoms with van der Waals surface area (Å²) in [6.45, 7) is 0. The third-order valence-corrected chi connectivity index (χ3v) is 3.16. The number of methoxy groups -OCH3 is 1. The van der Waals surface area contributed by atoms with Crippen molar-refractivity contribution in [3.63, 3.8) is 0 Å². The highest BCUT2D eigenvalue weighted by Crippen LogP contribution is 2.27. The van der Waals surface area contributed by atoms with E-state index in [4.69, 9.17) is 13.9 Å². The summed E-state index contributed by atoms with van der Waals surface area (Å²) in [5.41, 5.74) is 0. The van der Waals surface area contributed by atoms with Gasteiger partial charge in [-0.3, -0.25) is 4.79 Å². The lowest BCUT2D eigenvalue weighted by Crippen LogP contribution is -2.30. The first kappa shape index (κ1) is 12.7. The van der Waals surface area contributed by atoms with Gasteiger partial charge in [0.15, 0.2) is 0 Å². The standard InChI is InChI=1S/C13H16O5/c1-16-12(14)9-4-2-5-10(8-9)18-13(15)11-6-3-7-17-11/h3,6-7,9-10H,2,4-5,8H2,1H3/t9-,10+/m0/s1. The summed E-state index contributed by atoms with van der Waals surface area (Å²) in [6.07, 6.45) is 4.14. The Labute approximate surface area is 105 Å². The van der Waals surface area contributed by atoms with Gasteiger partial charge in [-0.2, -0.15) is 0 Å². The van der Waals surface area contributed by atoms with Gasteiger partial charge in [-0.15, -0.1) is 0 Å². The first-order chi connectivity index (χ1) is 8.70. The molecule has 0 N–H and O–H groups in total. The monoisotopic (exact) mass is 252 g/mol. The molecule has 0 saturated heterocycles. The molecule has 1 heterocycles. The Morgan fingerprint density at radius 1 is 1.39 bits per heavy atom. The quantitative estimate of drug-likeness (QED) is 0.771. The van der Waals surface area contributed by atoms with E-state index in [1.165, 1.54) is 13.4 Å². The van der Waals surface area contributed by atoms with E-state index < -0.39 is 5.97 Å². The highest BCUT2D eigenvalue weighted by Gasteiger charge is 2.30. The topological polar surface area (TPSA) is 65.7 Å². The zero-order valence-corrected chi connectivity index (χ0v) is 10.3. The van der Waals surface area contributed by atoms with E-state index in [1.807, 2.05) is 0 Å². The molecular formula is C13H16O5. The van der Waals surface area contributed by atoms with Crippen molar-refractivity contribution in [1.29, 1.82) is 0 Å². The Hall–Kier alpha value is -1.78. The molecule has 18 heavy (non-hydrogen) atoms. The molecule has 98 valence electrons. The summed E-state index contributed by atoms with van der Waals surface area (Å²) in [6, 6.07) is 3.19. The van der Waals surface area contributed by atoms with Crippen LogP contribution < -0.4 is 0 Å². The van der Waals surface area contributed by atoms with Crippen molar-refractivity contribution in [3.8, 4) is 0 Å². The lowest BCUT2D eigenvalue weighted by molar-refractivity contribution is -0.148. The number of hydrogen-bond donors (Lipinski definition) is 0. The van der Waals surface area contributed by atoms with Crippen LogP contribution in [0.4, 0.5) is 0 Å². The molecule has 2 atom stereocenters. The van der Waals surface area contributed by atoms with E-state index in [0.29, 0.717) is 6.42 Å². The second-order valence-corrected chi connectivity index (χ2v) is 4.39. The third-order valence-electron chi connectivity index (χ3n) is 3.16. The number of ether oxygens (including phenoxy) is 2. The second-order valence-electron chi connectivity index (χ2n) is 4.39. The number of esters is 2. The van der Waals surface area contributed by atoms with Gasteiger partial charge in [0.25, 0.3) is 0 Å². The Balaban J connectivity index is 1.90. The summed E-state index contributed by atoms with van der Waals surface area (Å²) in [5.74, 6) is -0.683. The lowest BCUT2D eigenvalue weighted by atomic mass is 9.87. The van der Waals surface area contributed by atoms with Crippen molar-refractivity contribution in [2.75, 3.05) is 7.11 Å². The van der Waals surface area contributed by atoms with Crippen LogP contribution in [0.2, 0.25) is 0 Å². The van der Waals surface area contributed by atoms with Gasteiger partial charge in [0.2, 0.25) is 5.76 Å². The average Bonchev–Trinajstić information content (AvgIpc) is 2.92. The molecule has 0 aromatic carbocycles.